The van der Waals surface area contributed by atoms with E-state index in [0.29, 0.717) is 5.56 Å². The van der Waals surface area contributed by atoms with Crippen molar-refractivity contribution in [2.75, 3.05) is 26.3 Å². The van der Waals surface area contributed by atoms with Crippen molar-refractivity contribution in [1.82, 2.24) is 4.90 Å². The number of likely N-dealkylation sites (N-methyl/N-ethyl adjacent to an activating group) is 1. The molecule has 0 aliphatic heterocycles. The maximum Gasteiger partial charge on any atom is 0.127 e. The number of ether oxygens (including phenoxy) is 1. The molecule has 0 aliphatic carbocycles. The van der Waals surface area contributed by atoms with Crippen LogP contribution < -0.4 is 5.73 Å². The Morgan fingerprint density at radius 1 is 1.33 bits per heavy atom. The summed E-state index contributed by atoms with van der Waals surface area (Å²) in [6.07, 6.45) is 0. The third-order valence-corrected chi connectivity index (χ3v) is 2.94. The van der Waals surface area contributed by atoms with Gasteiger partial charge in [-0.3, -0.25) is 4.90 Å². The fraction of sp³-hybridized carbons (Fsp3) is 0.571. The number of benzene rings is 1. The molecule has 0 saturated carbocycles. The zero-order valence-electron chi connectivity index (χ0n) is 11.3. The van der Waals surface area contributed by atoms with Crippen LogP contribution in [0.4, 0.5) is 4.39 Å². The van der Waals surface area contributed by atoms with Gasteiger partial charge in [-0.05, 0) is 25.1 Å². The van der Waals surface area contributed by atoms with Crippen molar-refractivity contribution in [3.63, 3.8) is 0 Å². The molecule has 0 unspecified atom stereocenters. The smallest absolute Gasteiger partial charge is 0.127 e. The summed E-state index contributed by atoms with van der Waals surface area (Å²) < 4.78 is 18.7. The van der Waals surface area contributed by atoms with Crippen LogP contribution in [0.25, 0.3) is 0 Å². The monoisotopic (exact) mass is 254 g/mol. The molecule has 1 aromatic rings. The second kappa shape index (κ2) is 8.19. The Labute approximate surface area is 109 Å². The van der Waals surface area contributed by atoms with E-state index in [1.165, 1.54) is 6.07 Å². The molecular formula is C14H23FN2O. The van der Waals surface area contributed by atoms with Gasteiger partial charge in [0, 0.05) is 31.8 Å². The number of hydrogen-bond acceptors (Lipinski definition) is 3. The molecule has 102 valence electrons. The third kappa shape index (κ3) is 4.72. The summed E-state index contributed by atoms with van der Waals surface area (Å²) in [5, 5.41) is 0. The minimum absolute atomic E-state index is 0.224. The van der Waals surface area contributed by atoms with Gasteiger partial charge in [-0.25, -0.2) is 4.39 Å². The van der Waals surface area contributed by atoms with Crippen molar-refractivity contribution in [1.29, 1.82) is 0 Å². The normalized spacial score (nSPS) is 11.2. The molecular weight excluding hydrogens is 231 g/mol. The van der Waals surface area contributed by atoms with Crippen LogP contribution in [0.15, 0.2) is 18.2 Å². The van der Waals surface area contributed by atoms with Crippen molar-refractivity contribution < 1.29 is 9.13 Å². The zero-order valence-corrected chi connectivity index (χ0v) is 11.3. The Bertz CT molecular complexity index is 358. The third-order valence-electron chi connectivity index (χ3n) is 2.94. The molecule has 0 saturated heterocycles. The molecule has 1 rings (SSSR count). The van der Waals surface area contributed by atoms with Crippen molar-refractivity contribution in [2.45, 2.75) is 26.9 Å². The second-order valence-corrected chi connectivity index (χ2v) is 4.20. The summed E-state index contributed by atoms with van der Waals surface area (Å²) >= 11 is 0. The van der Waals surface area contributed by atoms with E-state index in [4.69, 9.17) is 10.5 Å². The molecule has 0 bridgehead atoms. The fourth-order valence-electron chi connectivity index (χ4n) is 1.83. The summed E-state index contributed by atoms with van der Waals surface area (Å²) in [4.78, 5) is 2.27. The van der Waals surface area contributed by atoms with E-state index in [1.807, 2.05) is 19.1 Å². The first-order valence-electron chi connectivity index (χ1n) is 6.48. The second-order valence-electron chi connectivity index (χ2n) is 4.20. The molecule has 1 aromatic carbocycles. The average molecular weight is 254 g/mol. The van der Waals surface area contributed by atoms with Crippen LogP contribution in [0.1, 0.15) is 25.0 Å². The fourth-order valence-corrected chi connectivity index (χ4v) is 1.83. The standard InChI is InChI=1S/C14H23FN2O/c1-3-17(7-8-18-4-2)11-12-5-6-14(15)13(9-12)10-16/h5-6,9H,3-4,7-8,10-11,16H2,1-2H3. The lowest BCUT2D eigenvalue weighted by molar-refractivity contribution is 0.113. The van der Waals surface area contributed by atoms with Crippen LogP contribution in [0.2, 0.25) is 0 Å². The molecule has 0 heterocycles. The van der Waals surface area contributed by atoms with Gasteiger partial charge >= 0.3 is 0 Å². The Morgan fingerprint density at radius 3 is 2.72 bits per heavy atom. The number of hydrogen-bond donors (Lipinski definition) is 1. The number of nitrogens with zero attached hydrogens (tertiary/aromatic N) is 1. The van der Waals surface area contributed by atoms with Gasteiger partial charge in [0.25, 0.3) is 0 Å². The highest BCUT2D eigenvalue weighted by Crippen LogP contribution is 2.12. The highest BCUT2D eigenvalue weighted by atomic mass is 19.1. The van der Waals surface area contributed by atoms with Gasteiger partial charge in [-0.2, -0.15) is 0 Å². The summed E-state index contributed by atoms with van der Waals surface area (Å²) in [7, 11) is 0. The van der Waals surface area contributed by atoms with Gasteiger partial charge in [0.1, 0.15) is 5.82 Å². The van der Waals surface area contributed by atoms with Crippen LogP contribution in [0.3, 0.4) is 0 Å². The Kier molecular flexibility index (Phi) is 6.86. The number of halogens is 1. The minimum atomic E-state index is -0.224. The van der Waals surface area contributed by atoms with E-state index < -0.39 is 0 Å². The Hall–Kier alpha value is -0.970. The van der Waals surface area contributed by atoms with Crippen LogP contribution in [0, 0.1) is 5.82 Å². The van der Waals surface area contributed by atoms with Gasteiger partial charge in [0.2, 0.25) is 0 Å². The largest absolute Gasteiger partial charge is 0.380 e. The maximum absolute atomic E-state index is 13.3. The molecule has 0 radical (unpaired) electrons. The lowest BCUT2D eigenvalue weighted by Crippen LogP contribution is -2.27. The maximum atomic E-state index is 13.3. The molecule has 0 aromatic heterocycles. The Balaban J connectivity index is 2.58. The van der Waals surface area contributed by atoms with E-state index in [-0.39, 0.29) is 12.4 Å². The predicted molar refractivity (Wildman–Crippen MR) is 71.7 cm³/mol. The molecule has 3 nitrogen and oxygen atoms in total. The molecule has 0 aliphatic rings. The summed E-state index contributed by atoms with van der Waals surface area (Å²) in [5.74, 6) is -0.224. The van der Waals surface area contributed by atoms with E-state index in [0.717, 1.165) is 38.4 Å². The van der Waals surface area contributed by atoms with Gasteiger partial charge < -0.3 is 10.5 Å². The highest BCUT2D eigenvalue weighted by molar-refractivity contribution is 5.24. The SMILES string of the molecule is CCOCCN(CC)Cc1ccc(F)c(CN)c1. The van der Waals surface area contributed by atoms with Gasteiger partial charge in [-0.15, -0.1) is 0 Å². The number of rotatable bonds is 8. The van der Waals surface area contributed by atoms with E-state index in [2.05, 4.69) is 11.8 Å². The lowest BCUT2D eigenvalue weighted by atomic mass is 10.1. The quantitative estimate of drug-likeness (QED) is 0.722. The predicted octanol–water partition coefficient (Wildman–Crippen LogP) is 2.14. The first-order valence-corrected chi connectivity index (χ1v) is 6.48. The molecule has 4 heteroatoms. The van der Waals surface area contributed by atoms with E-state index >= 15 is 0 Å². The number of nitrogens with two attached hydrogens (primary N) is 1. The first-order chi connectivity index (χ1) is 8.71. The van der Waals surface area contributed by atoms with E-state index in [9.17, 15) is 4.39 Å². The lowest BCUT2D eigenvalue weighted by Gasteiger charge is -2.20. The van der Waals surface area contributed by atoms with Gasteiger partial charge in [0.15, 0.2) is 0 Å². The van der Waals surface area contributed by atoms with Crippen molar-refractivity contribution >= 4 is 0 Å². The topological polar surface area (TPSA) is 38.5 Å². The van der Waals surface area contributed by atoms with Crippen LogP contribution >= 0.6 is 0 Å². The minimum Gasteiger partial charge on any atom is -0.380 e. The van der Waals surface area contributed by atoms with Crippen molar-refractivity contribution in [3.05, 3.63) is 35.1 Å². The van der Waals surface area contributed by atoms with Gasteiger partial charge in [-0.1, -0.05) is 19.1 Å². The summed E-state index contributed by atoms with van der Waals surface area (Å²) in [5.41, 5.74) is 7.18. The molecule has 0 fully saturated rings. The van der Waals surface area contributed by atoms with Crippen molar-refractivity contribution in [2.24, 2.45) is 5.73 Å². The summed E-state index contributed by atoms with van der Waals surface area (Å²) in [6, 6.07) is 5.16. The van der Waals surface area contributed by atoms with Crippen LogP contribution in [-0.2, 0) is 17.8 Å². The van der Waals surface area contributed by atoms with Gasteiger partial charge in [0.05, 0.1) is 6.61 Å². The molecule has 0 spiro atoms. The molecule has 0 atom stereocenters. The first kappa shape index (κ1) is 15.1. The summed E-state index contributed by atoms with van der Waals surface area (Å²) in [6.45, 7) is 8.45. The molecule has 0 amide bonds. The van der Waals surface area contributed by atoms with E-state index in [1.54, 1.807) is 0 Å². The van der Waals surface area contributed by atoms with Crippen molar-refractivity contribution in [3.8, 4) is 0 Å². The highest BCUT2D eigenvalue weighted by Gasteiger charge is 2.06. The van der Waals surface area contributed by atoms with Crippen LogP contribution in [0.5, 0.6) is 0 Å². The average Bonchev–Trinajstić information content (AvgIpc) is 2.39. The molecule has 18 heavy (non-hydrogen) atoms. The Morgan fingerprint density at radius 2 is 2.11 bits per heavy atom. The van der Waals surface area contributed by atoms with Crippen LogP contribution in [-0.4, -0.2) is 31.2 Å². The zero-order chi connectivity index (χ0) is 13.4. The molecule has 2 N–H and O–H groups in total.